The lowest BCUT2D eigenvalue weighted by atomic mass is 10.4. The summed E-state index contributed by atoms with van der Waals surface area (Å²) in [6.45, 7) is 8.58. The summed E-state index contributed by atoms with van der Waals surface area (Å²) in [5.41, 5.74) is 0. The highest BCUT2D eigenvalue weighted by Crippen LogP contribution is 2.48. The van der Waals surface area contributed by atoms with Gasteiger partial charge in [-0.3, -0.25) is 4.57 Å². The molecule has 1 atom stereocenters. The van der Waals surface area contributed by atoms with Crippen LogP contribution in [-0.4, -0.2) is 19.4 Å². The van der Waals surface area contributed by atoms with Gasteiger partial charge in [-0.2, -0.15) is 0 Å². The fourth-order valence-corrected chi connectivity index (χ4v) is 2.35. The zero-order chi connectivity index (χ0) is 10.9. The van der Waals surface area contributed by atoms with Crippen molar-refractivity contribution in [3.8, 4) is 0 Å². The normalized spacial score (nSPS) is 15.0. The van der Waals surface area contributed by atoms with Crippen LogP contribution in [0.3, 0.4) is 0 Å². The van der Waals surface area contributed by atoms with Crippen molar-refractivity contribution in [2.45, 2.75) is 33.1 Å². The summed E-state index contributed by atoms with van der Waals surface area (Å²) < 4.78 is 22.4. The monoisotopic (exact) mass is 220 g/mol. The number of unbranched alkanes of at least 4 members (excludes halogenated alkanes) is 1. The highest BCUT2D eigenvalue weighted by molar-refractivity contribution is 7.54. The van der Waals surface area contributed by atoms with Gasteiger partial charge in [0.15, 0.2) is 0 Å². The summed E-state index contributed by atoms with van der Waals surface area (Å²) in [6, 6.07) is 0. The van der Waals surface area contributed by atoms with E-state index in [4.69, 9.17) is 9.05 Å². The van der Waals surface area contributed by atoms with Crippen molar-refractivity contribution in [2.24, 2.45) is 0 Å². The van der Waals surface area contributed by atoms with Gasteiger partial charge in [0.05, 0.1) is 19.4 Å². The number of hydrogen-bond donors (Lipinski definition) is 0. The van der Waals surface area contributed by atoms with E-state index < -0.39 is 7.60 Å². The Bertz CT molecular complexity index is 192. The largest absolute Gasteiger partial charge is 0.334 e. The van der Waals surface area contributed by atoms with Crippen LogP contribution in [0.25, 0.3) is 0 Å². The topological polar surface area (TPSA) is 35.5 Å². The molecule has 0 saturated carbocycles. The van der Waals surface area contributed by atoms with Gasteiger partial charge in [-0.05, 0) is 12.8 Å². The van der Waals surface area contributed by atoms with Gasteiger partial charge in [-0.1, -0.05) is 26.3 Å². The second-order valence-corrected chi connectivity index (χ2v) is 5.21. The van der Waals surface area contributed by atoms with Crippen LogP contribution in [-0.2, 0) is 13.6 Å². The van der Waals surface area contributed by atoms with Crippen molar-refractivity contribution in [1.82, 2.24) is 0 Å². The number of rotatable bonds is 9. The average molecular weight is 220 g/mol. The maximum absolute atomic E-state index is 11.9. The Hall–Kier alpha value is -0.110. The molecule has 0 aromatic rings. The van der Waals surface area contributed by atoms with Crippen LogP contribution in [0.15, 0.2) is 12.7 Å². The highest BCUT2D eigenvalue weighted by Gasteiger charge is 2.21. The van der Waals surface area contributed by atoms with E-state index in [0.717, 1.165) is 19.3 Å². The second kappa shape index (κ2) is 8.22. The van der Waals surface area contributed by atoms with Crippen molar-refractivity contribution < 1.29 is 13.6 Å². The molecule has 4 heteroatoms. The smallest absolute Gasteiger partial charge is 0.308 e. The molecule has 0 aliphatic carbocycles. The molecule has 0 aromatic heterocycles. The first-order valence-electron chi connectivity index (χ1n) is 5.17. The molecule has 3 nitrogen and oxygen atoms in total. The van der Waals surface area contributed by atoms with Gasteiger partial charge in [0.25, 0.3) is 0 Å². The van der Waals surface area contributed by atoms with Gasteiger partial charge >= 0.3 is 7.60 Å². The van der Waals surface area contributed by atoms with Gasteiger partial charge in [-0.25, -0.2) is 0 Å². The van der Waals surface area contributed by atoms with Crippen LogP contribution in [0.1, 0.15) is 33.1 Å². The van der Waals surface area contributed by atoms with Gasteiger partial charge in [0.2, 0.25) is 0 Å². The first-order chi connectivity index (χ1) is 6.68. The van der Waals surface area contributed by atoms with E-state index in [1.165, 1.54) is 0 Å². The summed E-state index contributed by atoms with van der Waals surface area (Å²) in [6.07, 6.45) is 4.68. The van der Waals surface area contributed by atoms with Crippen LogP contribution in [0, 0.1) is 0 Å². The Kier molecular flexibility index (Phi) is 8.15. The van der Waals surface area contributed by atoms with Crippen LogP contribution >= 0.6 is 7.60 Å². The molecule has 0 radical (unpaired) electrons. The van der Waals surface area contributed by atoms with Gasteiger partial charge in [0, 0.05) is 0 Å². The zero-order valence-corrected chi connectivity index (χ0v) is 10.1. The minimum Gasteiger partial charge on any atom is -0.308 e. The van der Waals surface area contributed by atoms with Gasteiger partial charge in [0.1, 0.15) is 0 Å². The number of hydrogen-bond acceptors (Lipinski definition) is 3. The molecule has 14 heavy (non-hydrogen) atoms. The zero-order valence-electron chi connectivity index (χ0n) is 9.20. The third-order valence-corrected chi connectivity index (χ3v) is 3.49. The third-order valence-electron chi connectivity index (χ3n) is 1.63. The lowest BCUT2D eigenvalue weighted by molar-refractivity contribution is 0.204. The Labute approximate surface area is 87.0 Å². The summed E-state index contributed by atoms with van der Waals surface area (Å²) >= 11 is 0. The van der Waals surface area contributed by atoms with Gasteiger partial charge < -0.3 is 9.05 Å². The molecule has 0 aliphatic rings. The first kappa shape index (κ1) is 13.9. The van der Waals surface area contributed by atoms with Crippen LogP contribution in [0.2, 0.25) is 0 Å². The molecule has 0 bridgehead atoms. The molecular formula is C10H21O3P. The Morgan fingerprint density at radius 1 is 1.21 bits per heavy atom. The van der Waals surface area contributed by atoms with Crippen LogP contribution in [0.4, 0.5) is 0 Å². The molecule has 0 aromatic carbocycles. The Balaban J connectivity index is 3.95. The van der Waals surface area contributed by atoms with Crippen molar-refractivity contribution in [2.75, 3.05) is 19.4 Å². The van der Waals surface area contributed by atoms with E-state index in [9.17, 15) is 4.57 Å². The van der Waals surface area contributed by atoms with E-state index in [2.05, 4.69) is 13.5 Å². The van der Waals surface area contributed by atoms with E-state index in [0.29, 0.717) is 19.4 Å². The molecular weight excluding hydrogens is 199 g/mol. The second-order valence-electron chi connectivity index (χ2n) is 3.10. The SMILES string of the molecule is C=CCP(=O)(OCCC)OCCCC. The fourth-order valence-electron chi connectivity index (χ4n) is 0.879. The molecule has 0 aliphatic heterocycles. The maximum atomic E-state index is 11.9. The Morgan fingerprint density at radius 2 is 1.86 bits per heavy atom. The molecule has 0 heterocycles. The minimum absolute atomic E-state index is 0.302. The maximum Gasteiger partial charge on any atom is 0.334 e. The first-order valence-corrected chi connectivity index (χ1v) is 6.90. The molecule has 0 N–H and O–H groups in total. The van der Waals surface area contributed by atoms with Crippen molar-refractivity contribution in [3.05, 3.63) is 12.7 Å². The highest BCUT2D eigenvalue weighted by atomic mass is 31.2. The molecule has 0 saturated heterocycles. The molecule has 0 fully saturated rings. The van der Waals surface area contributed by atoms with Crippen LogP contribution < -0.4 is 0 Å². The molecule has 84 valence electrons. The van der Waals surface area contributed by atoms with E-state index in [1.807, 2.05) is 6.92 Å². The summed E-state index contributed by atoms with van der Waals surface area (Å²) in [5, 5.41) is 0. The predicted octanol–water partition coefficient (Wildman–Crippen LogP) is 3.61. The molecule has 0 spiro atoms. The van der Waals surface area contributed by atoms with Crippen molar-refractivity contribution >= 4 is 7.60 Å². The van der Waals surface area contributed by atoms with E-state index >= 15 is 0 Å². The summed E-state index contributed by atoms with van der Waals surface area (Å²) in [7, 11) is -2.88. The molecule has 1 unspecified atom stereocenters. The van der Waals surface area contributed by atoms with Crippen LogP contribution in [0.5, 0.6) is 0 Å². The lowest BCUT2D eigenvalue weighted by Crippen LogP contribution is -2.01. The summed E-state index contributed by atoms with van der Waals surface area (Å²) in [5.74, 6) is 0. The summed E-state index contributed by atoms with van der Waals surface area (Å²) in [4.78, 5) is 0. The van der Waals surface area contributed by atoms with Crippen molar-refractivity contribution in [1.29, 1.82) is 0 Å². The molecule has 0 amide bonds. The predicted molar refractivity (Wildman–Crippen MR) is 59.8 cm³/mol. The minimum atomic E-state index is -2.88. The average Bonchev–Trinajstić information content (AvgIpc) is 2.16. The standard InChI is InChI=1S/C10H21O3P/c1-4-7-9-13-14(11,10-6-3)12-8-5-2/h6H,3-5,7-10H2,1-2H3. The third kappa shape index (κ3) is 6.36. The molecule has 0 rings (SSSR count). The Morgan fingerprint density at radius 3 is 2.36 bits per heavy atom. The van der Waals surface area contributed by atoms with E-state index in [-0.39, 0.29) is 0 Å². The van der Waals surface area contributed by atoms with Gasteiger partial charge in [-0.15, -0.1) is 6.58 Å². The number of allylic oxidation sites excluding steroid dienone is 1. The van der Waals surface area contributed by atoms with Crippen molar-refractivity contribution in [3.63, 3.8) is 0 Å². The van der Waals surface area contributed by atoms with E-state index in [1.54, 1.807) is 6.08 Å². The quantitative estimate of drug-likeness (QED) is 0.338. The fraction of sp³-hybridized carbons (Fsp3) is 0.800. The lowest BCUT2D eigenvalue weighted by Gasteiger charge is -2.16.